The minimum atomic E-state index is -0.381. The highest BCUT2D eigenvalue weighted by molar-refractivity contribution is 6.33. The van der Waals surface area contributed by atoms with Crippen LogP contribution in [-0.4, -0.2) is 30.0 Å². The van der Waals surface area contributed by atoms with Crippen LogP contribution in [0.2, 0.25) is 5.02 Å². The van der Waals surface area contributed by atoms with Gasteiger partial charge < -0.3 is 34.2 Å². The molecule has 28 heavy (non-hydrogen) atoms. The quantitative estimate of drug-likeness (QED) is 0.445. The van der Waals surface area contributed by atoms with Gasteiger partial charge in [0.05, 0.1) is 5.02 Å². The Balaban J connectivity index is 0.00000210. The molecule has 0 aliphatic heterocycles. The highest BCUT2D eigenvalue weighted by Crippen LogP contribution is 2.30. The Hall–Kier alpha value is -2.12. The molecule has 8 heteroatoms. The molecule has 0 saturated heterocycles. The van der Waals surface area contributed by atoms with Crippen molar-refractivity contribution in [3.05, 3.63) is 59.0 Å². The Morgan fingerprint density at radius 3 is 2.75 bits per heavy atom. The summed E-state index contributed by atoms with van der Waals surface area (Å²) in [6, 6.07) is 11.6. The van der Waals surface area contributed by atoms with Crippen LogP contribution in [0, 0.1) is 5.82 Å². The van der Waals surface area contributed by atoms with Crippen LogP contribution in [0.15, 0.2) is 42.5 Å². The van der Waals surface area contributed by atoms with E-state index in [2.05, 4.69) is 10.3 Å². The van der Waals surface area contributed by atoms with Crippen LogP contribution in [-0.2, 0) is 0 Å². The Morgan fingerprint density at radius 2 is 2.04 bits per heavy atom. The molecule has 1 atom stereocenters. The fourth-order valence-electron chi connectivity index (χ4n) is 2.94. The van der Waals surface area contributed by atoms with Crippen LogP contribution in [0.4, 0.5) is 4.39 Å². The molecule has 0 aliphatic carbocycles. The SMILES string of the molecule is NCCC[C@H](N)CNC(=O)c1cc2ccc(-c3ccc(F)cc3Cl)cc2[nH]1.[Cl-].[H+]. The van der Waals surface area contributed by atoms with E-state index in [1.54, 1.807) is 12.1 Å². The first kappa shape index (κ1) is 22.2. The largest absolute Gasteiger partial charge is 1.00 e. The monoisotopic (exact) mass is 424 g/mol. The molecule has 1 amide bonds. The number of nitrogens with two attached hydrogens (primary N) is 2. The lowest BCUT2D eigenvalue weighted by Crippen LogP contribution is -3.00. The summed E-state index contributed by atoms with van der Waals surface area (Å²) >= 11 is 6.14. The zero-order chi connectivity index (χ0) is 19.4. The van der Waals surface area contributed by atoms with Crippen molar-refractivity contribution < 1.29 is 23.0 Å². The Morgan fingerprint density at radius 1 is 1.25 bits per heavy atom. The first-order valence-electron chi connectivity index (χ1n) is 8.80. The summed E-state index contributed by atoms with van der Waals surface area (Å²) in [7, 11) is 0. The van der Waals surface area contributed by atoms with E-state index in [4.69, 9.17) is 23.1 Å². The van der Waals surface area contributed by atoms with Gasteiger partial charge in [-0.15, -0.1) is 0 Å². The second kappa shape index (κ2) is 9.89. The molecule has 150 valence electrons. The van der Waals surface area contributed by atoms with E-state index in [1.165, 1.54) is 12.1 Å². The van der Waals surface area contributed by atoms with Crippen molar-refractivity contribution in [3.63, 3.8) is 0 Å². The fraction of sp³-hybridized carbons (Fsp3) is 0.250. The number of nitrogens with one attached hydrogen (secondary N) is 2. The lowest BCUT2D eigenvalue weighted by molar-refractivity contribution is -0.0000143. The minimum absolute atomic E-state index is 0. The molecule has 0 unspecified atom stereocenters. The van der Waals surface area contributed by atoms with Crippen molar-refractivity contribution in [2.24, 2.45) is 11.5 Å². The topological polar surface area (TPSA) is 96.9 Å². The van der Waals surface area contributed by atoms with Gasteiger partial charge in [-0.05, 0) is 55.3 Å². The van der Waals surface area contributed by atoms with Gasteiger partial charge >= 0.3 is 1.43 Å². The highest BCUT2D eigenvalue weighted by Gasteiger charge is 2.12. The smallest absolute Gasteiger partial charge is 1.00 e. The van der Waals surface area contributed by atoms with Crippen LogP contribution in [0.3, 0.4) is 0 Å². The third-order valence-electron chi connectivity index (χ3n) is 4.41. The van der Waals surface area contributed by atoms with Crippen LogP contribution in [0.1, 0.15) is 24.8 Å². The van der Waals surface area contributed by atoms with Crippen molar-refractivity contribution in [1.82, 2.24) is 10.3 Å². The summed E-state index contributed by atoms with van der Waals surface area (Å²) in [4.78, 5) is 15.5. The van der Waals surface area contributed by atoms with Crippen molar-refractivity contribution in [1.29, 1.82) is 0 Å². The number of rotatable bonds is 7. The molecule has 5 nitrogen and oxygen atoms in total. The first-order chi connectivity index (χ1) is 13.0. The van der Waals surface area contributed by atoms with E-state index in [9.17, 15) is 9.18 Å². The van der Waals surface area contributed by atoms with Gasteiger partial charge in [0.1, 0.15) is 11.5 Å². The molecule has 3 rings (SSSR count). The van der Waals surface area contributed by atoms with Crippen molar-refractivity contribution in [2.45, 2.75) is 18.9 Å². The third kappa shape index (κ3) is 5.23. The molecular formula is C20H23Cl2FN4O. The van der Waals surface area contributed by atoms with Gasteiger partial charge in [0.15, 0.2) is 0 Å². The van der Waals surface area contributed by atoms with E-state index < -0.39 is 0 Å². The third-order valence-corrected chi connectivity index (χ3v) is 4.73. The van der Waals surface area contributed by atoms with Crippen LogP contribution in [0.5, 0.6) is 0 Å². The molecule has 0 fully saturated rings. The van der Waals surface area contributed by atoms with Gasteiger partial charge in [-0.2, -0.15) is 0 Å². The maximum absolute atomic E-state index is 13.3. The average Bonchev–Trinajstić information content (AvgIpc) is 3.07. The molecule has 6 N–H and O–H groups in total. The van der Waals surface area contributed by atoms with Crippen LogP contribution in [0.25, 0.3) is 22.0 Å². The number of halogens is 3. The molecule has 0 saturated carbocycles. The Bertz CT molecular complexity index is 967. The number of aromatic amines is 1. The van der Waals surface area contributed by atoms with Gasteiger partial charge in [0.25, 0.3) is 5.91 Å². The lowest BCUT2D eigenvalue weighted by atomic mass is 10.0. The Labute approximate surface area is 175 Å². The van der Waals surface area contributed by atoms with E-state index >= 15 is 0 Å². The summed E-state index contributed by atoms with van der Waals surface area (Å²) in [6.45, 7) is 0.981. The highest BCUT2D eigenvalue weighted by atomic mass is 35.5. The number of amides is 1. The van der Waals surface area contributed by atoms with Gasteiger partial charge in [0.2, 0.25) is 0 Å². The van der Waals surface area contributed by atoms with Crippen molar-refractivity contribution in [3.8, 4) is 11.1 Å². The molecule has 0 spiro atoms. The molecule has 1 aromatic heterocycles. The number of aromatic nitrogens is 1. The maximum atomic E-state index is 13.3. The van der Waals surface area contributed by atoms with Crippen LogP contribution < -0.4 is 29.2 Å². The molecule has 2 aromatic carbocycles. The zero-order valence-electron chi connectivity index (χ0n) is 16.1. The standard InChI is InChI=1S/C20H22ClFN4O.ClH/c21-17-10-14(22)5-6-16(17)12-3-4-13-9-19(26-18(13)8-12)20(27)25-11-15(24)2-1-7-23;/h3-6,8-10,15,26H,1-2,7,11,23-24H2,(H,25,27);1H/t15-;/m0./s1. The van der Waals surface area contributed by atoms with Crippen molar-refractivity contribution in [2.75, 3.05) is 13.1 Å². The van der Waals surface area contributed by atoms with Gasteiger partial charge in [-0.3, -0.25) is 4.79 Å². The number of carbonyl (C=O) groups is 1. The number of H-pyrrole nitrogens is 1. The summed E-state index contributed by atoms with van der Waals surface area (Å²) in [5, 5.41) is 4.07. The summed E-state index contributed by atoms with van der Waals surface area (Å²) in [5.74, 6) is -0.593. The molecule has 3 aromatic rings. The van der Waals surface area contributed by atoms with Crippen LogP contribution >= 0.6 is 11.6 Å². The predicted molar refractivity (Wildman–Crippen MR) is 108 cm³/mol. The number of fused-ring (bicyclic) bond motifs is 1. The number of hydrogen-bond donors (Lipinski definition) is 4. The summed E-state index contributed by atoms with van der Waals surface area (Å²) < 4.78 is 13.3. The lowest BCUT2D eigenvalue weighted by Gasteiger charge is -2.11. The summed E-state index contributed by atoms with van der Waals surface area (Å²) in [5.41, 5.74) is 14.2. The van der Waals surface area contributed by atoms with E-state index in [-0.39, 0.29) is 31.6 Å². The van der Waals surface area contributed by atoms with Crippen molar-refractivity contribution >= 4 is 28.4 Å². The fourth-order valence-corrected chi connectivity index (χ4v) is 3.22. The summed E-state index contributed by atoms with van der Waals surface area (Å²) in [6.07, 6.45) is 1.60. The number of hydrogen-bond acceptors (Lipinski definition) is 3. The van der Waals surface area contributed by atoms with Gasteiger partial charge in [-0.1, -0.05) is 23.7 Å². The first-order valence-corrected chi connectivity index (χ1v) is 9.18. The molecule has 0 radical (unpaired) electrons. The normalized spacial score (nSPS) is 11.9. The number of benzene rings is 2. The van der Waals surface area contributed by atoms with E-state index in [0.29, 0.717) is 23.8 Å². The average molecular weight is 425 g/mol. The minimum Gasteiger partial charge on any atom is -1.00 e. The van der Waals surface area contributed by atoms with Gasteiger partial charge in [-0.25, -0.2) is 4.39 Å². The van der Waals surface area contributed by atoms with E-state index in [0.717, 1.165) is 34.9 Å². The molecule has 0 aliphatic rings. The second-order valence-electron chi connectivity index (χ2n) is 6.51. The molecule has 1 heterocycles. The van der Waals surface area contributed by atoms with E-state index in [1.807, 2.05) is 18.2 Å². The predicted octanol–water partition coefficient (Wildman–Crippen LogP) is 0.540. The maximum Gasteiger partial charge on any atom is 1.00 e. The number of carbonyl (C=O) groups excluding carboxylic acids is 1. The molecular weight excluding hydrogens is 402 g/mol. The second-order valence-corrected chi connectivity index (χ2v) is 6.92. The zero-order valence-corrected chi connectivity index (χ0v) is 16.7. The Kier molecular flexibility index (Phi) is 7.83. The van der Waals surface area contributed by atoms with Gasteiger partial charge in [0, 0.05) is 29.1 Å². The molecule has 0 bridgehead atoms.